The Morgan fingerprint density at radius 1 is 1.23 bits per heavy atom. The number of pyridine rings is 1. The standard InChI is InChI=1S/C18H17N5O2S/c24-17-4-3-15(13-5-7-19-8-6-13)21-23(17)10-14-2-1-9-22(14)18(25)16-11-26-12-20-16/h3-8,11-12,14H,1-2,9-10H2. The molecule has 8 heteroatoms. The first-order valence-electron chi connectivity index (χ1n) is 8.40. The molecule has 3 aromatic heterocycles. The van der Waals surface area contributed by atoms with Crippen LogP contribution in [0.15, 0.2) is 52.3 Å². The highest BCUT2D eigenvalue weighted by Gasteiger charge is 2.31. The third-order valence-corrected chi connectivity index (χ3v) is 5.10. The molecule has 4 heterocycles. The highest BCUT2D eigenvalue weighted by atomic mass is 32.1. The molecule has 3 aromatic rings. The predicted molar refractivity (Wildman–Crippen MR) is 97.9 cm³/mol. The van der Waals surface area contributed by atoms with Crippen LogP contribution in [0.5, 0.6) is 0 Å². The van der Waals surface area contributed by atoms with Gasteiger partial charge in [-0.1, -0.05) is 0 Å². The lowest BCUT2D eigenvalue weighted by Crippen LogP contribution is -2.40. The number of carbonyl (C=O) groups is 1. The Balaban J connectivity index is 1.58. The van der Waals surface area contributed by atoms with Crippen molar-refractivity contribution in [2.75, 3.05) is 6.54 Å². The third kappa shape index (κ3) is 3.28. The number of carbonyl (C=O) groups excluding carboxylic acids is 1. The summed E-state index contributed by atoms with van der Waals surface area (Å²) in [6, 6.07) is 6.88. The monoisotopic (exact) mass is 367 g/mol. The van der Waals surface area contributed by atoms with Gasteiger partial charge in [0.25, 0.3) is 11.5 Å². The summed E-state index contributed by atoms with van der Waals surface area (Å²) in [6.07, 6.45) is 5.15. The van der Waals surface area contributed by atoms with Crippen molar-refractivity contribution in [1.29, 1.82) is 0 Å². The molecule has 0 bridgehead atoms. The number of rotatable bonds is 4. The van der Waals surface area contributed by atoms with Crippen molar-refractivity contribution in [3.8, 4) is 11.3 Å². The Morgan fingerprint density at radius 3 is 2.85 bits per heavy atom. The summed E-state index contributed by atoms with van der Waals surface area (Å²) < 4.78 is 1.45. The van der Waals surface area contributed by atoms with E-state index in [2.05, 4.69) is 15.1 Å². The lowest BCUT2D eigenvalue weighted by Gasteiger charge is -2.24. The van der Waals surface area contributed by atoms with Crippen LogP contribution in [-0.4, -0.2) is 43.1 Å². The molecule has 4 rings (SSSR count). The van der Waals surface area contributed by atoms with Crippen LogP contribution in [0.2, 0.25) is 0 Å². The molecular weight excluding hydrogens is 350 g/mol. The smallest absolute Gasteiger partial charge is 0.273 e. The fraction of sp³-hybridized carbons (Fsp3) is 0.278. The van der Waals surface area contributed by atoms with Crippen molar-refractivity contribution in [3.63, 3.8) is 0 Å². The Morgan fingerprint density at radius 2 is 2.08 bits per heavy atom. The van der Waals surface area contributed by atoms with Crippen LogP contribution in [0.1, 0.15) is 23.3 Å². The van der Waals surface area contributed by atoms with Crippen LogP contribution in [-0.2, 0) is 6.54 Å². The van der Waals surface area contributed by atoms with Gasteiger partial charge < -0.3 is 4.90 Å². The molecule has 0 aromatic carbocycles. The fourth-order valence-corrected chi connectivity index (χ4v) is 3.74. The minimum Gasteiger partial charge on any atom is -0.332 e. The van der Waals surface area contributed by atoms with Crippen molar-refractivity contribution in [2.45, 2.75) is 25.4 Å². The molecular formula is C18H17N5O2S. The minimum absolute atomic E-state index is 0.0536. The highest BCUT2D eigenvalue weighted by molar-refractivity contribution is 7.07. The number of likely N-dealkylation sites (tertiary alicyclic amines) is 1. The summed E-state index contributed by atoms with van der Waals surface area (Å²) in [7, 11) is 0. The highest BCUT2D eigenvalue weighted by Crippen LogP contribution is 2.21. The average molecular weight is 367 g/mol. The maximum atomic E-state index is 12.6. The van der Waals surface area contributed by atoms with Crippen LogP contribution in [0.4, 0.5) is 0 Å². The molecule has 1 unspecified atom stereocenters. The molecule has 1 fully saturated rings. The van der Waals surface area contributed by atoms with E-state index in [0.29, 0.717) is 24.5 Å². The van der Waals surface area contributed by atoms with Gasteiger partial charge in [-0.05, 0) is 31.0 Å². The van der Waals surface area contributed by atoms with Gasteiger partial charge in [-0.2, -0.15) is 5.10 Å². The van der Waals surface area contributed by atoms with Crippen LogP contribution in [0, 0.1) is 0 Å². The number of hydrogen-bond donors (Lipinski definition) is 0. The Bertz CT molecular complexity index is 955. The summed E-state index contributed by atoms with van der Waals surface area (Å²) in [5.41, 5.74) is 3.56. The lowest BCUT2D eigenvalue weighted by molar-refractivity contribution is 0.0715. The minimum atomic E-state index is -0.171. The number of amides is 1. The van der Waals surface area contributed by atoms with E-state index in [1.54, 1.807) is 29.4 Å². The normalized spacial score (nSPS) is 16.8. The van der Waals surface area contributed by atoms with Gasteiger partial charge in [0.1, 0.15) is 5.69 Å². The molecule has 0 aliphatic carbocycles. The van der Waals surface area contributed by atoms with Gasteiger partial charge in [0.05, 0.1) is 23.8 Å². The number of aromatic nitrogens is 4. The molecule has 1 atom stereocenters. The summed E-state index contributed by atoms with van der Waals surface area (Å²) in [4.78, 5) is 34.8. The maximum absolute atomic E-state index is 12.6. The van der Waals surface area contributed by atoms with Crippen LogP contribution >= 0.6 is 11.3 Å². The molecule has 0 N–H and O–H groups in total. The van der Waals surface area contributed by atoms with Crippen molar-refractivity contribution < 1.29 is 4.79 Å². The molecule has 1 saturated heterocycles. The molecule has 1 aliphatic rings. The Labute approximate surface area is 154 Å². The molecule has 0 saturated carbocycles. The average Bonchev–Trinajstić information content (AvgIpc) is 3.36. The van der Waals surface area contributed by atoms with Crippen LogP contribution in [0.25, 0.3) is 11.3 Å². The summed E-state index contributed by atoms with van der Waals surface area (Å²) in [6.45, 7) is 1.06. The van der Waals surface area contributed by atoms with Gasteiger partial charge in [-0.15, -0.1) is 11.3 Å². The van der Waals surface area contributed by atoms with Gasteiger partial charge in [-0.3, -0.25) is 14.6 Å². The van der Waals surface area contributed by atoms with Gasteiger partial charge in [-0.25, -0.2) is 9.67 Å². The van der Waals surface area contributed by atoms with Gasteiger partial charge in [0.2, 0.25) is 0 Å². The van der Waals surface area contributed by atoms with Crippen molar-refractivity contribution in [1.82, 2.24) is 24.6 Å². The first kappa shape index (κ1) is 16.6. The first-order valence-corrected chi connectivity index (χ1v) is 9.34. The van der Waals surface area contributed by atoms with Gasteiger partial charge in [0.15, 0.2) is 0 Å². The molecule has 7 nitrogen and oxygen atoms in total. The quantitative estimate of drug-likeness (QED) is 0.705. The van der Waals surface area contributed by atoms with Crippen LogP contribution in [0.3, 0.4) is 0 Å². The van der Waals surface area contributed by atoms with Gasteiger partial charge >= 0.3 is 0 Å². The Kier molecular flexibility index (Phi) is 4.57. The summed E-state index contributed by atoms with van der Waals surface area (Å²) >= 11 is 1.40. The lowest BCUT2D eigenvalue weighted by atomic mass is 10.2. The van der Waals surface area contributed by atoms with E-state index in [1.807, 2.05) is 17.0 Å². The molecule has 132 valence electrons. The van der Waals surface area contributed by atoms with Crippen molar-refractivity contribution in [3.05, 3.63) is 63.6 Å². The van der Waals surface area contributed by atoms with Crippen LogP contribution < -0.4 is 5.56 Å². The topological polar surface area (TPSA) is 81.0 Å². The predicted octanol–water partition coefficient (Wildman–Crippen LogP) is 2.07. The number of nitrogens with zero attached hydrogens (tertiary/aromatic N) is 5. The number of thiazole rings is 1. The zero-order valence-electron chi connectivity index (χ0n) is 14.0. The summed E-state index contributed by atoms with van der Waals surface area (Å²) in [5.74, 6) is -0.0768. The Hall–Kier alpha value is -2.87. The SMILES string of the molecule is O=C(c1cscn1)N1CCCC1Cn1nc(-c2ccncc2)ccc1=O. The van der Waals surface area contributed by atoms with E-state index in [-0.39, 0.29) is 17.5 Å². The molecule has 1 aliphatic heterocycles. The van der Waals surface area contributed by atoms with E-state index in [9.17, 15) is 9.59 Å². The van der Waals surface area contributed by atoms with E-state index < -0.39 is 0 Å². The summed E-state index contributed by atoms with van der Waals surface area (Å²) in [5, 5.41) is 6.24. The zero-order chi connectivity index (χ0) is 17.9. The molecule has 26 heavy (non-hydrogen) atoms. The number of hydrogen-bond acceptors (Lipinski definition) is 6. The van der Waals surface area contributed by atoms with E-state index >= 15 is 0 Å². The zero-order valence-corrected chi connectivity index (χ0v) is 14.8. The molecule has 0 radical (unpaired) electrons. The second-order valence-electron chi connectivity index (χ2n) is 6.14. The molecule has 1 amide bonds. The molecule has 0 spiro atoms. The third-order valence-electron chi connectivity index (χ3n) is 4.52. The second-order valence-corrected chi connectivity index (χ2v) is 6.86. The second kappa shape index (κ2) is 7.17. The first-order chi connectivity index (χ1) is 12.7. The van der Waals surface area contributed by atoms with Crippen molar-refractivity contribution in [2.24, 2.45) is 0 Å². The fourth-order valence-electron chi connectivity index (χ4n) is 3.21. The van der Waals surface area contributed by atoms with Crippen molar-refractivity contribution >= 4 is 17.2 Å². The van der Waals surface area contributed by atoms with E-state index in [1.165, 1.54) is 22.1 Å². The van der Waals surface area contributed by atoms with E-state index in [0.717, 1.165) is 18.4 Å². The van der Waals surface area contributed by atoms with Gasteiger partial charge in [0, 0.05) is 35.9 Å². The van der Waals surface area contributed by atoms with E-state index in [4.69, 9.17) is 0 Å². The largest absolute Gasteiger partial charge is 0.332 e. The maximum Gasteiger partial charge on any atom is 0.273 e.